The predicted molar refractivity (Wildman–Crippen MR) is 75.0 cm³/mol. The molecule has 0 aliphatic carbocycles. The van der Waals surface area contributed by atoms with Crippen LogP contribution in [-0.2, 0) is 4.74 Å². The summed E-state index contributed by atoms with van der Waals surface area (Å²) in [5.41, 5.74) is 4.94. The van der Waals surface area contributed by atoms with E-state index in [9.17, 15) is 0 Å². The Bertz CT molecular complexity index is 372. The highest BCUT2D eigenvalue weighted by molar-refractivity contribution is 5.44. The second kappa shape index (κ2) is 6.32. The monoisotopic (exact) mass is 262 g/mol. The number of morpholine rings is 1. The largest absolute Gasteiger partial charge is 0.379 e. The zero-order chi connectivity index (χ0) is 12.9. The van der Waals surface area contributed by atoms with E-state index >= 15 is 0 Å². The molecule has 2 fully saturated rings. The Morgan fingerprint density at radius 3 is 2.42 bits per heavy atom. The molecule has 0 amide bonds. The Labute approximate surface area is 114 Å². The van der Waals surface area contributed by atoms with Crippen molar-refractivity contribution in [2.75, 3.05) is 44.3 Å². The molecule has 0 spiro atoms. The molecule has 1 aromatic heterocycles. The van der Waals surface area contributed by atoms with Gasteiger partial charge in [-0.1, -0.05) is 0 Å². The summed E-state index contributed by atoms with van der Waals surface area (Å²) in [5, 5.41) is 2.32. The number of hydrogen-bond acceptors (Lipinski definition) is 5. The van der Waals surface area contributed by atoms with Crippen molar-refractivity contribution in [1.29, 1.82) is 0 Å². The van der Waals surface area contributed by atoms with E-state index in [1.54, 1.807) is 0 Å². The van der Waals surface area contributed by atoms with Crippen molar-refractivity contribution in [3.05, 3.63) is 24.5 Å². The van der Waals surface area contributed by atoms with Gasteiger partial charge in [0.2, 0.25) is 0 Å². The van der Waals surface area contributed by atoms with Gasteiger partial charge in [-0.15, -0.1) is 0 Å². The summed E-state index contributed by atoms with van der Waals surface area (Å²) in [6, 6.07) is 4.79. The summed E-state index contributed by atoms with van der Waals surface area (Å²) >= 11 is 0. The molecule has 2 aliphatic heterocycles. The maximum Gasteiger partial charge on any atom is 0.0608 e. The minimum Gasteiger partial charge on any atom is -0.379 e. The van der Waals surface area contributed by atoms with Crippen molar-refractivity contribution >= 4 is 5.69 Å². The molecule has 0 unspecified atom stereocenters. The second-order valence-electron chi connectivity index (χ2n) is 5.20. The molecule has 104 valence electrons. The normalized spacial score (nSPS) is 22.6. The number of rotatable bonds is 3. The maximum atomic E-state index is 5.37. The Kier molecular flexibility index (Phi) is 4.27. The average molecular weight is 262 g/mol. The van der Waals surface area contributed by atoms with Crippen LogP contribution in [0.15, 0.2) is 24.5 Å². The summed E-state index contributed by atoms with van der Waals surface area (Å²) in [6.45, 7) is 5.94. The van der Waals surface area contributed by atoms with Gasteiger partial charge in [0.1, 0.15) is 0 Å². The van der Waals surface area contributed by atoms with Gasteiger partial charge in [-0.2, -0.15) is 0 Å². The van der Waals surface area contributed by atoms with Crippen LogP contribution in [0.25, 0.3) is 0 Å². The fourth-order valence-corrected chi connectivity index (χ4v) is 2.77. The van der Waals surface area contributed by atoms with E-state index in [-0.39, 0.29) is 0 Å². The van der Waals surface area contributed by atoms with Gasteiger partial charge in [0, 0.05) is 50.3 Å². The number of ether oxygens (including phenoxy) is 1. The number of anilines is 1. The minimum absolute atomic E-state index is 0.608. The van der Waals surface area contributed by atoms with Crippen LogP contribution in [0.3, 0.4) is 0 Å². The molecule has 0 bridgehead atoms. The van der Waals surface area contributed by atoms with Crippen molar-refractivity contribution in [1.82, 2.24) is 15.4 Å². The standard InChI is InChI=1S/C14H22N4O/c1-5-15-6-2-14(1)17-7-3-13(4-8-17)16-18-9-11-19-12-10-18/h1-2,5-6,13,16H,3-4,7-12H2. The molecule has 1 aromatic rings. The fraction of sp³-hybridized carbons (Fsp3) is 0.643. The first-order valence-corrected chi connectivity index (χ1v) is 7.16. The van der Waals surface area contributed by atoms with E-state index in [2.05, 4.69) is 32.5 Å². The molecule has 2 saturated heterocycles. The number of nitrogens with zero attached hydrogens (tertiary/aromatic N) is 3. The first-order valence-electron chi connectivity index (χ1n) is 7.16. The maximum absolute atomic E-state index is 5.37. The number of piperidine rings is 1. The van der Waals surface area contributed by atoms with Gasteiger partial charge in [0.15, 0.2) is 0 Å². The predicted octanol–water partition coefficient (Wildman–Crippen LogP) is 0.887. The topological polar surface area (TPSA) is 40.6 Å². The van der Waals surface area contributed by atoms with Crippen LogP contribution >= 0.6 is 0 Å². The molecule has 0 radical (unpaired) electrons. The zero-order valence-electron chi connectivity index (χ0n) is 11.3. The van der Waals surface area contributed by atoms with Gasteiger partial charge in [0.25, 0.3) is 0 Å². The number of hydrogen-bond donors (Lipinski definition) is 1. The molecular formula is C14H22N4O. The molecule has 2 aliphatic rings. The van der Waals surface area contributed by atoms with Crippen molar-refractivity contribution in [3.63, 3.8) is 0 Å². The van der Waals surface area contributed by atoms with Crippen LogP contribution in [0.2, 0.25) is 0 Å². The number of nitrogens with one attached hydrogen (secondary N) is 1. The highest BCUT2D eigenvalue weighted by Gasteiger charge is 2.21. The van der Waals surface area contributed by atoms with E-state index in [1.165, 1.54) is 18.5 Å². The molecule has 0 aromatic carbocycles. The number of aromatic nitrogens is 1. The van der Waals surface area contributed by atoms with Crippen molar-refractivity contribution in [2.45, 2.75) is 18.9 Å². The van der Waals surface area contributed by atoms with E-state index in [1.807, 2.05) is 12.4 Å². The quantitative estimate of drug-likeness (QED) is 0.876. The molecule has 3 rings (SSSR count). The van der Waals surface area contributed by atoms with Gasteiger partial charge < -0.3 is 9.64 Å². The Hall–Kier alpha value is -1.17. The summed E-state index contributed by atoms with van der Waals surface area (Å²) in [6.07, 6.45) is 6.13. The van der Waals surface area contributed by atoms with Gasteiger partial charge in [-0.3, -0.25) is 10.4 Å². The lowest BCUT2D eigenvalue weighted by atomic mass is 10.1. The van der Waals surface area contributed by atoms with Crippen LogP contribution in [0, 0.1) is 0 Å². The highest BCUT2D eigenvalue weighted by atomic mass is 16.5. The second-order valence-corrected chi connectivity index (χ2v) is 5.20. The Morgan fingerprint density at radius 1 is 1.05 bits per heavy atom. The first kappa shape index (κ1) is 12.8. The van der Waals surface area contributed by atoms with Crippen molar-refractivity contribution in [2.24, 2.45) is 0 Å². The SMILES string of the molecule is c1cc(N2CCC(NN3CCOCC3)CC2)ccn1. The van der Waals surface area contributed by atoms with E-state index < -0.39 is 0 Å². The van der Waals surface area contributed by atoms with Crippen molar-refractivity contribution in [3.8, 4) is 0 Å². The summed E-state index contributed by atoms with van der Waals surface area (Å²) in [5.74, 6) is 0. The third-order valence-corrected chi connectivity index (χ3v) is 3.90. The zero-order valence-corrected chi connectivity index (χ0v) is 11.3. The molecule has 1 N–H and O–H groups in total. The van der Waals surface area contributed by atoms with Crippen LogP contribution in [-0.4, -0.2) is 55.4 Å². The first-order chi connectivity index (χ1) is 9.42. The molecule has 19 heavy (non-hydrogen) atoms. The summed E-state index contributed by atoms with van der Waals surface area (Å²) in [7, 11) is 0. The van der Waals surface area contributed by atoms with Crippen LogP contribution in [0.5, 0.6) is 0 Å². The highest BCUT2D eigenvalue weighted by Crippen LogP contribution is 2.19. The van der Waals surface area contributed by atoms with E-state index in [0.717, 1.165) is 39.4 Å². The van der Waals surface area contributed by atoms with Crippen LogP contribution in [0.4, 0.5) is 5.69 Å². The number of hydrazine groups is 1. The molecule has 5 nitrogen and oxygen atoms in total. The number of pyridine rings is 1. The van der Waals surface area contributed by atoms with Gasteiger partial charge in [-0.25, -0.2) is 5.01 Å². The molecular weight excluding hydrogens is 240 g/mol. The smallest absolute Gasteiger partial charge is 0.0608 e. The molecule has 0 saturated carbocycles. The van der Waals surface area contributed by atoms with E-state index in [0.29, 0.717) is 6.04 Å². The lowest BCUT2D eigenvalue weighted by Gasteiger charge is -2.37. The Balaban J connectivity index is 1.46. The molecule has 0 atom stereocenters. The van der Waals surface area contributed by atoms with Gasteiger partial charge in [-0.05, 0) is 25.0 Å². The molecule has 3 heterocycles. The minimum atomic E-state index is 0.608. The third-order valence-electron chi connectivity index (χ3n) is 3.90. The lowest BCUT2D eigenvalue weighted by Crippen LogP contribution is -2.53. The Morgan fingerprint density at radius 2 is 1.74 bits per heavy atom. The van der Waals surface area contributed by atoms with Crippen LogP contribution in [0.1, 0.15) is 12.8 Å². The van der Waals surface area contributed by atoms with Gasteiger partial charge in [0.05, 0.1) is 13.2 Å². The third kappa shape index (κ3) is 3.43. The summed E-state index contributed by atoms with van der Waals surface area (Å²) < 4.78 is 5.37. The van der Waals surface area contributed by atoms with E-state index in [4.69, 9.17) is 4.74 Å². The molecule has 5 heteroatoms. The van der Waals surface area contributed by atoms with Gasteiger partial charge >= 0.3 is 0 Å². The average Bonchev–Trinajstić information content (AvgIpc) is 2.50. The van der Waals surface area contributed by atoms with Crippen LogP contribution < -0.4 is 10.3 Å². The summed E-state index contributed by atoms with van der Waals surface area (Å²) in [4.78, 5) is 6.52. The fourth-order valence-electron chi connectivity index (χ4n) is 2.77. The lowest BCUT2D eigenvalue weighted by molar-refractivity contribution is 0.00156. The van der Waals surface area contributed by atoms with Crippen molar-refractivity contribution < 1.29 is 4.74 Å².